The maximum absolute atomic E-state index is 3.23. The van der Waals surface area contributed by atoms with Crippen molar-refractivity contribution in [2.45, 2.75) is 26.7 Å². The van der Waals surface area contributed by atoms with E-state index in [1.165, 1.54) is 18.6 Å². The van der Waals surface area contributed by atoms with E-state index in [2.05, 4.69) is 25.4 Å². The maximum atomic E-state index is 3.23. The Morgan fingerprint density at radius 1 is 1.25 bits per heavy atom. The molecule has 0 radical (unpaired) electrons. The highest BCUT2D eigenvalue weighted by Crippen LogP contribution is 2.17. The van der Waals surface area contributed by atoms with Crippen LogP contribution in [0.25, 0.3) is 0 Å². The molecule has 0 aromatic heterocycles. The van der Waals surface area contributed by atoms with E-state index in [-0.39, 0.29) is 0 Å². The normalized spacial score (nSPS) is 16.0. The highest BCUT2D eigenvalue weighted by atomic mass is 32.2. The van der Waals surface area contributed by atoms with Crippen LogP contribution in [-0.4, -0.2) is 25.6 Å². The Morgan fingerprint density at radius 3 is 2.42 bits per heavy atom. The molecule has 0 spiro atoms. The largest absolute Gasteiger partial charge is 0.319 e. The van der Waals surface area contributed by atoms with Crippen molar-refractivity contribution in [2.24, 2.45) is 11.8 Å². The van der Waals surface area contributed by atoms with Crippen molar-refractivity contribution in [1.29, 1.82) is 0 Å². The van der Waals surface area contributed by atoms with Crippen molar-refractivity contribution in [3.05, 3.63) is 0 Å². The van der Waals surface area contributed by atoms with Gasteiger partial charge in [-0.05, 0) is 50.3 Å². The summed E-state index contributed by atoms with van der Waals surface area (Å²) < 4.78 is 0. The monoisotopic (exact) mass is 189 g/mol. The zero-order valence-electron chi connectivity index (χ0n) is 8.89. The van der Waals surface area contributed by atoms with Crippen LogP contribution in [0.3, 0.4) is 0 Å². The Hall–Kier alpha value is 0.310. The molecule has 0 aliphatic heterocycles. The molecule has 2 heteroatoms. The number of hydrogen-bond acceptors (Lipinski definition) is 2. The van der Waals surface area contributed by atoms with Crippen LogP contribution < -0.4 is 5.32 Å². The van der Waals surface area contributed by atoms with Crippen molar-refractivity contribution >= 4 is 11.8 Å². The predicted octanol–water partition coefficient (Wildman–Crippen LogP) is 2.62. The molecule has 2 unspecified atom stereocenters. The van der Waals surface area contributed by atoms with Crippen LogP contribution in [0.2, 0.25) is 0 Å². The van der Waals surface area contributed by atoms with Crippen molar-refractivity contribution in [3.8, 4) is 0 Å². The Balaban J connectivity index is 3.35. The zero-order valence-corrected chi connectivity index (χ0v) is 9.71. The summed E-state index contributed by atoms with van der Waals surface area (Å²) in [5.74, 6) is 3.00. The average molecular weight is 189 g/mol. The second kappa shape index (κ2) is 7.93. The highest BCUT2D eigenvalue weighted by molar-refractivity contribution is 7.98. The second-order valence-corrected chi connectivity index (χ2v) is 4.63. The van der Waals surface area contributed by atoms with Gasteiger partial charge in [0.05, 0.1) is 0 Å². The predicted molar refractivity (Wildman–Crippen MR) is 59.9 cm³/mol. The van der Waals surface area contributed by atoms with Gasteiger partial charge in [-0.2, -0.15) is 11.8 Å². The Kier molecular flexibility index (Phi) is 8.14. The number of thioether (sulfide) groups is 1. The van der Waals surface area contributed by atoms with E-state index in [4.69, 9.17) is 0 Å². The van der Waals surface area contributed by atoms with E-state index in [1.54, 1.807) is 0 Å². The lowest BCUT2D eigenvalue weighted by Gasteiger charge is -2.18. The van der Waals surface area contributed by atoms with Gasteiger partial charge < -0.3 is 5.32 Å². The minimum Gasteiger partial charge on any atom is -0.319 e. The topological polar surface area (TPSA) is 12.0 Å². The first-order valence-electron chi connectivity index (χ1n) is 4.86. The first-order chi connectivity index (χ1) is 5.72. The third-order valence-electron chi connectivity index (χ3n) is 2.51. The molecule has 0 fully saturated rings. The van der Waals surface area contributed by atoms with E-state index in [0.717, 1.165) is 18.4 Å². The maximum Gasteiger partial charge on any atom is -0.00236 e. The summed E-state index contributed by atoms with van der Waals surface area (Å²) >= 11 is 1.95. The summed E-state index contributed by atoms with van der Waals surface area (Å²) in [4.78, 5) is 0. The third-order valence-corrected chi connectivity index (χ3v) is 3.20. The van der Waals surface area contributed by atoms with Crippen molar-refractivity contribution < 1.29 is 0 Å². The Bertz CT molecular complexity index is 95.8. The fourth-order valence-corrected chi connectivity index (χ4v) is 1.81. The standard InChI is InChI=1S/C10H23NS/c1-9(6-5-7-12-4)10(2)8-11-3/h9-11H,5-8H2,1-4H3. The minimum atomic E-state index is 0.817. The molecular formula is C10H23NS. The van der Waals surface area contributed by atoms with Crippen molar-refractivity contribution in [3.63, 3.8) is 0 Å². The smallest absolute Gasteiger partial charge is 0.00236 e. The van der Waals surface area contributed by atoms with Gasteiger partial charge in [-0.1, -0.05) is 13.8 Å². The van der Waals surface area contributed by atoms with Crippen LogP contribution >= 0.6 is 11.8 Å². The lowest BCUT2D eigenvalue weighted by atomic mass is 9.92. The van der Waals surface area contributed by atoms with Crippen LogP contribution in [0, 0.1) is 11.8 Å². The SMILES string of the molecule is CNCC(C)C(C)CCCSC. The highest BCUT2D eigenvalue weighted by Gasteiger charge is 2.09. The summed E-state index contributed by atoms with van der Waals surface area (Å²) in [6.45, 7) is 5.85. The fourth-order valence-electron chi connectivity index (χ4n) is 1.36. The van der Waals surface area contributed by atoms with E-state index in [1.807, 2.05) is 18.8 Å². The molecule has 0 heterocycles. The molecule has 0 aliphatic rings. The zero-order chi connectivity index (χ0) is 9.40. The molecule has 0 saturated heterocycles. The summed E-state index contributed by atoms with van der Waals surface area (Å²) in [6.07, 6.45) is 4.93. The molecule has 0 bridgehead atoms. The van der Waals surface area contributed by atoms with Gasteiger partial charge in [0.1, 0.15) is 0 Å². The molecule has 0 aliphatic carbocycles. The first-order valence-corrected chi connectivity index (χ1v) is 6.25. The minimum absolute atomic E-state index is 0.817. The van der Waals surface area contributed by atoms with Crippen molar-refractivity contribution in [2.75, 3.05) is 25.6 Å². The van der Waals surface area contributed by atoms with Gasteiger partial charge in [-0.3, -0.25) is 0 Å². The Labute approximate surface area is 81.7 Å². The van der Waals surface area contributed by atoms with E-state index >= 15 is 0 Å². The average Bonchev–Trinajstić information content (AvgIpc) is 2.05. The fraction of sp³-hybridized carbons (Fsp3) is 1.00. The second-order valence-electron chi connectivity index (χ2n) is 3.65. The molecule has 0 rings (SSSR count). The quantitative estimate of drug-likeness (QED) is 0.618. The van der Waals surface area contributed by atoms with Gasteiger partial charge in [0.25, 0.3) is 0 Å². The molecule has 1 nitrogen and oxygen atoms in total. The molecule has 0 aromatic rings. The molecule has 0 saturated carbocycles. The lowest BCUT2D eigenvalue weighted by Crippen LogP contribution is -2.21. The Morgan fingerprint density at radius 2 is 1.92 bits per heavy atom. The third kappa shape index (κ3) is 5.90. The number of rotatable bonds is 7. The molecule has 1 N–H and O–H groups in total. The van der Waals surface area contributed by atoms with Crippen LogP contribution in [0.1, 0.15) is 26.7 Å². The van der Waals surface area contributed by atoms with E-state index < -0.39 is 0 Å². The van der Waals surface area contributed by atoms with E-state index in [9.17, 15) is 0 Å². The lowest BCUT2D eigenvalue weighted by molar-refractivity contribution is 0.353. The van der Waals surface area contributed by atoms with Crippen LogP contribution in [0.4, 0.5) is 0 Å². The van der Waals surface area contributed by atoms with Gasteiger partial charge in [0, 0.05) is 0 Å². The molecule has 12 heavy (non-hydrogen) atoms. The van der Waals surface area contributed by atoms with E-state index in [0.29, 0.717) is 0 Å². The van der Waals surface area contributed by atoms with Gasteiger partial charge in [0.2, 0.25) is 0 Å². The van der Waals surface area contributed by atoms with Crippen LogP contribution in [0.5, 0.6) is 0 Å². The van der Waals surface area contributed by atoms with Gasteiger partial charge >= 0.3 is 0 Å². The van der Waals surface area contributed by atoms with Gasteiger partial charge in [0.15, 0.2) is 0 Å². The molecule has 0 amide bonds. The van der Waals surface area contributed by atoms with Crippen LogP contribution in [0.15, 0.2) is 0 Å². The first kappa shape index (κ1) is 12.3. The summed E-state index contributed by atoms with van der Waals surface area (Å²) in [7, 11) is 2.03. The van der Waals surface area contributed by atoms with Gasteiger partial charge in [-0.15, -0.1) is 0 Å². The van der Waals surface area contributed by atoms with Crippen LogP contribution in [-0.2, 0) is 0 Å². The summed E-state index contributed by atoms with van der Waals surface area (Å²) in [5, 5.41) is 3.23. The van der Waals surface area contributed by atoms with Gasteiger partial charge in [-0.25, -0.2) is 0 Å². The van der Waals surface area contributed by atoms with Crippen molar-refractivity contribution in [1.82, 2.24) is 5.32 Å². The summed E-state index contributed by atoms with van der Waals surface area (Å²) in [6, 6.07) is 0. The molecular weight excluding hydrogens is 166 g/mol. The molecule has 74 valence electrons. The number of hydrogen-bond donors (Lipinski definition) is 1. The number of nitrogens with one attached hydrogen (secondary N) is 1. The molecule has 0 aromatic carbocycles. The molecule has 2 atom stereocenters. The summed E-state index contributed by atoms with van der Waals surface area (Å²) in [5.41, 5.74) is 0.